The van der Waals surface area contributed by atoms with E-state index in [-0.39, 0.29) is 24.4 Å². The number of rotatable bonds is 8. The second-order valence-corrected chi connectivity index (χ2v) is 11.9. The highest BCUT2D eigenvalue weighted by Crippen LogP contribution is 2.35. The minimum absolute atomic E-state index is 0.142. The molecule has 0 unspecified atom stereocenters. The first kappa shape index (κ1) is 28.9. The van der Waals surface area contributed by atoms with Gasteiger partial charge in [-0.15, -0.1) is 11.3 Å². The van der Waals surface area contributed by atoms with Gasteiger partial charge >= 0.3 is 0 Å². The molecule has 1 aromatic carbocycles. The number of nitrogens with zero attached hydrogens (tertiary/aromatic N) is 8. The number of amides is 1. The summed E-state index contributed by atoms with van der Waals surface area (Å²) >= 11 is 1.32. The standard InChI is InChI=1S/C32H30FN9O2S/c1-20-30(45-32(36-20)22-8-12-34-13-9-22)31(44)38-26-18-42-27(37-26)7-6-25(39-42)29-28(21-2-4-23(33)5-3-21)35-19-41(29)24-10-14-40(15-11-24)16-17-43/h2-9,12-13,18-19,24,43H,10-11,14-17H2,1H3,(H,38,44). The highest BCUT2D eigenvalue weighted by molar-refractivity contribution is 7.17. The molecule has 5 aromatic heterocycles. The number of anilines is 1. The molecular weight excluding hydrogens is 593 g/mol. The fourth-order valence-corrected chi connectivity index (χ4v) is 6.71. The normalized spacial score (nSPS) is 14.3. The molecule has 1 aliphatic rings. The van der Waals surface area contributed by atoms with Gasteiger partial charge in [0.1, 0.15) is 21.4 Å². The fourth-order valence-electron chi connectivity index (χ4n) is 5.74. The van der Waals surface area contributed by atoms with Crippen molar-refractivity contribution in [3.05, 3.63) is 89.8 Å². The molecule has 1 fully saturated rings. The lowest BCUT2D eigenvalue weighted by Crippen LogP contribution is -2.36. The van der Waals surface area contributed by atoms with Gasteiger partial charge in [-0.05, 0) is 68.3 Å². The molecule has 1 saturated heterocycles. The van der Waals surface area contributed by atoms with E-state index in [0.717, 1.165) is 47.8 Å². The number of piperidine rings is 1. The predicted octanol–water partition coefficient (Wildman–Crippen LogP) is 5.11. The Bertz CT molecular complexity index is 1960. The lowest BCUT2D eigenvalue weighted by atomic mass is 10.0. The number of carbonyl (C=O) groups excluding carboxylic acids is 1. The van der Waals surface area contributed by atoms with Crippen LogP contribution < -0.4 is 5.32 Å². The first-order valence-electron chi connectivity index (χ1n) is 14.7. The monoisotopic (exact) mass is 623 g/mol. The van der Waals surface area contributed by atoms with Gasteiger partial charge in [0.15, 0.2) is 11.5 Å². The molecule has 228 valence electrons. The first-order valence-corrected chi connectivity index (χ1v) is 15.5. The van der Waals surface area contributed by atoms with Crippen LogP contribution in [0.1, 0.15) is 34.2 Å². The minimum Gasteiger partial charge on any atom is -0.395 e. The molecule has 0 saturated carbocycles. The topological polar surface area (TPSA) is 126 Å². The average Bonchev–Trinajstić information content (AvgIpc) is 3.78. The van der Waals surface area contributed by atoms with Gasteiger partial charge < -0.3 is 19.9 Å². The quantitative estimate of drug-likeness (QED) is 0.240. The zero-order chi connectivity index (χ0) is 30.9. The molecule has 1 amide bonds. The third kappa shape index (κ3) is 5.84. The number of nitrogens with one attached hydrogen (secondary N) is 1. The van der Waals surface area contributed by atoms with E-state index >= 15 is 0 Å². The Balaban J connectivity index is 1.19. The Hall–Kier alpha value is -4.85. The molecule has 6 heterocycles. The molecule has 7 rings (SSSR count). The number of aliphatic hydroxyl groups excluding tert-OH is 1. The van der Waals surface area contributed by atoms with Crippen LogP contribution in [0.2, 0.25) is 0 Å². The van der Waals surface area contributed by atoms with Gasteiger partial charge in [-0.3, -0.25) is 9.78 Å². The molecule has 2 N–H and O–H groups in total. The van der Waals surface area contributed by atoms with Crippen molar-refractivity contribution in [1.82, 2.24) is 39.0 Å². The summed E-state index contributed by atoms with van der Waals surface area (Å²) < 4.78 is 17.6. The molecule has 0 radical (unpaired) electrons. The van der Waals surface area contributed by atoms with Gasteiger partial charge in [0, 0.05) is 49.2 Å². The smallest absolute Gasteiger partial charge is 0.268 e. The van der Waals surface area contributed by atoms with Crippen LogP contribution in [0.4, 0.5) is 10.2 Å². The van der Waals surface area contributed by atoms with Crippen molar-refractivity contribution in [2.45, 2.75) is 25.8 Å². The maximum absolute atomic E-state index is 13.8. The first-order chi connectivity index (χ1) is 22.0. The third-order valence-electron chi connectivity index (χ3n) is 8.01. The summed E-state index contributed by atoms with van der Waals surface area (Å²) in [5, 5.41) is 17.9. The number of thiazole rings is 1. The summed E-state index contributed by atoms with van der Waals surface area (Å²) in [6, 6.07) is 14.0. The maximum Gasteiger partial charge on any atom is 0.268 e. The number of β-amino-alcohol motifs (C(OH)–C–C–N with tert-alkyl or cyclic N) is 1. The number of imidazole rings is 2. The Labute approximate surface area is 262 Å². The van der Waals surface area contributed by atoms with Crippen molar-refractivity contribution in [3.63, 3.8) is 0 Å². The van der Waals surface area contributed by atoms with E-state index in [2.05, 4.69) is 29.7 Å². The fraction of sp³-hybridized carbons (Fsp3) is 0.250. The van der Waals surface area contributed by atoms with Crippen molar-refractivity contribution in [3.8, 4) is 33.2 Å². The Morgan fingerprint density at radius 2 is 1.82 bits per heavy atom. The van der Waals surface area contributed by atoms with Gasteiger partial charge in [-0.1, -0.05) is 0 Å². The number of likely N-dealkylation sites (tertiary alicyclic amines) is 1. The van der Waals surface area contributed by atoms with Crippen LogP contribution in [0, 0.1) is 12.7 Å². The van der Waals surface area contributed by atoms with Gasteiger partial charge in [-0.2, -0.15) is 5.10 Å². The van der Waals surface area contributed by atoms with E-state index in [4.69, 9.17) is 10.1 Å². The highest BCUT2D eigenvalue weighted by atomic mass is 32.1. The van der Waals surface area contributed by atoms with Crippen LogP contribution in [-0.2, 0) is 0 Å². The summed E-state index contributed by atoms with van der Waals surface area (Å²) in [5.74, 6) is -0.241. The molecule has 0 bridgehead atoms. The van der Waals surface area contributed by atoms with Crippen molar-refractivity contribution < 1.29 is 14.3 Å². The number of benzene rings is 1. The molecule has 1 aliphatic heterocycles. The van der Waals surface area contributed by atoms with Gasteiger partial charge in [-0.25, -0.2) is 23.9 Å². The number of hydrogen-bond donors (Lipinski definition) is 2. The second-order valence-electron chi connectivity index (χ2n) is 10.9. The van der Waals surface area contributed by atoms with Crippen molar-refractivity contribution in [2.24, 2.45) is 0 Å². The highest BCUT2D eigenvalue weighted by Gasteiger charge is 2.26. The molecule has 13 heteroatoms. The summed E-state index contributed by atoms with van der Waals surface area (Å²) in [7, 11) is 0. The zero-order valence-electron chi connectivity index (χ0n) is 24.5. The summed E-state index contributed by atoms with van der Waals surface area (Å²) in [5.41, 5.74) is 5.10. The van der Waals surface area contributed by atoms with E-state index in [0.29, 0.717) is 40.0 Å². The van der Waals surface area contributed by atoms with Gasteiger partial charge in [0.25, 0.3) is 5.91 Å². The van der Waals surface area contributed by atoms with Crippen LogP contribution in [0.5, 0.6) is 0 Å². The number of aliphatic hydroxyl groups is 1. The molecule has 0 spiro atoms. The number of aromatic nitrogens is 7. The van der Waals surface area contributed by atoms with E-state index < -0.39 is 0 Å². The predicted molar refractivity (Wildman–Crippen MR) is 169 cm³/mol. The molecule has 0 aliphatic carbocycles. The van der Waals surface area contributed by atoms with Crippen LogP contribution in [0.3, 0.4) is 0 Å². The number of pyridine rings is 1. The number of halogens is 1. The van der Waals surface area contributed by atoms with Gasteiger partial charge in [0.05, 0.1) is 36.2 Å². The lowest BCUT2D eigenvalue weighted by molar-refractivity contribution is 0.102. The van der Waals surface area contributed by atoms with E-state index in [9.17, 15) is 14.3 Å². The minimum atomic E-state index is -0.314. The number of carbonyl (C=O) groups is 1. The third-order valence-corrected chi connectivity index (χ3v) is 9.22. The number of aryl methyl sites for hydroxylation is 1. The molecule has 45 heavy (non-hydrogen) atoms. The largest absolute Gasteiger partial charge is 0.395 e. The van der Waals surface area contributed by atoms with Crippen molar-refractivity contribution in [2.75, 3.05) is 31.6 Å². The summed E-state index contributed by atoms with van der Waals surface area (Å²) in [6.45, 7) is 4.36. The van der Waals surface area contributed by atoms with Gasteiger partial charge in [0.2, 0.25) is 0 Å². The summed E-state index contributed by atoms with van der Waals surface area (Å²) in [6.07, 6.45) is 8.71. The zero-order valence-corrected chi connectivity index (χ0v) is 25.3. The Morgan fingerprint density at radius 3 is 2.58 bits per heavy atom. The second kappa shape index (κ2) is 12.3. The van der Waals surface area contributed by atoms with E-state index in [1.54, 1.807) is 35.2 Å². The lowest BCUT2D eigenvalue weighted by Gasteiger charge is -2.32. The number of fused-ring (bicyclic) bond motifs is 1. The maximum atomic E-state index is 13.8. The van der Waals surface area contributed by atoms with Crippen LogP contribution in [0.15, 0.2) is 73.4 Å². The average molecular weight is 624 g/mol. The van der Waals surface area contributed by atoms with Crippen molar-refractivity contribution >= 4 is 28.7 Å². The molecular formula is C32H30FN9O2S. The summed E-state index contributed by atoms with van der Waals surface area (Å²) in [4.78, 5) is 34.0. The van der Waals surface area contributed by atoms with Crippen molar-refractivity contribution in [1.29, 1.82) is 0 Å². The SMILES string of the molecule is Cc1nc(-c2ccncc2)sc1C(=O)Nc1cn2nc(-c3c(-c4ccc(F)cc4)ncn3C3CCN(CCO)CC3)ccc2n1. The van der Waals surface area contributed by atoms with Crippen LogP contribution in [0.25, 0.3) is 38.9 Å². The Morgan fingerprint density at radius 1 is 1.04 bits per heavy atom. The molecule has 11 nitrogen and oxygen atoms in total. The van der Waals surface area contributed by atoms with E-state index in [1.807, 2.05) is 37.5 Å². The van der Waals surface area contributed by atoms with E-state index in [1.165, 1.54) is 23.5 Å². The number of hydrogen-bond acceptors (Lipinski definition) is 9. The molecule has 6 aromatic rings. The van der Waals surface area contributed by atoms with Crippen LogP contribution in [-0.4, -0.2) is 76.3 Å². The Kier molecular flexibility index (Phi) is 7.88. The van der Waals surface area contributed by atoms with Crippen LogP contribution >= 0.6 is 11.3 Å². The molecule has 0 atom stereocenters.